The van der Waals surface area contributed by atoms with Gasteiger partial charge in [0.05, 0.1) is 16.0 Å². The summed E-state index contributed by atoms with van der Waals surface area (Å²) in [5, 5.41) is 9.23. The Kier molecular flexibility index (Phi) is 5.24. The van der Waals surface area contributed by atoms with Crippen LogP contribution >= 0.6 is 0 Å². The third kappa shape index (κ3) is 4.23. The second kappa shape index (κ2) is 7.04. The number of carbonyl (C=O) groups excluding carboxylic acids is 1. The molecule has 0 aromatic heterocycles. The Labute approximate surface area is 144 Å². The van der Waals surface area contributed by atoms with E-state index in [9.17, 15) is 23.1 Å². The van der Waals surface area contributed by atoms with Gasteiger partial charge in [0.1, 0.15) is 5.75 Å². The van der Waals surface area contributed by atoms with Crippen molar-refractivity contribution in [3.8, 4) is 5.75 Å². The summed E-state index contributed by atoms with van der Waals surface area (Å²) in [5.41, 5.74) is -0.136. The number of benzene rings is 2. The molecule has 0 heterocycles. The molecule has 0 aliphatic rings. The van der Waals surface area contributed by atoms with E-state index in [1.54, 1.807) is 24.3 Å². The Hall–Kier alpha value is -2.71. The summed E-state index contributed by atoms with van der Waals surface area (Å²) in [6, 6.07) is 9.47. The normalized spacial score (nSPS) is 11.4. The van der Waals surface area contributed by atoms with Gasteiger partial charge >= 0.3 is 11.9 Å². The highest BCUT2D eigenvalue weighted by molar-refractivity contribution is 7.85. The molecule has 0 bridgehead atoms. The van der Waals surface area contributed by atoms with Gasteiger partial charge in [-0.05, 0) is 35.7 Å². The molecular weight excluding hydrogens is 348 g/mol. The number of aromatic carboxylic acids is 1. The maximum Gasteiger partial charge on any atom is 0.344 e. The van der Waals surface area contributed by atoms with Crippen molar-refractivity contribution in [2.24, 2.45) is 0 Å². The number of rotatable bonds is 5. The summed E-state index contributed by atoms with van der Waals surface area (Å²) in [4.78, 5) is 23.1. The van der Waals surface area contributed by atoms with Crippen molar-refractivity contribution in [1.29, 1.82) is 0 Å². The molecule has 0 spiro atoms. The van der Waals surface area contributed by atoms with E-state index in [4.69, 9.17) is 9.29 Å². The van der Waals surface area contributed by atoms with Crippen LogP contribution in [0.2, 0.25) is 0 Å². The van der Waals surface area contributed by atoms with Gasteiger partial charge in [-0.2, -0.15) is 8.42 Å². The lowest BCUT2D eigenvalue weighted by Gasteiger charge is -2.13. The Morgan fingerprint density at radius 2 is 1.68 bits per heavy atom. The van der Waals surface area contributed by atoms with Crippen molar-refractivity contribution in [2.75, 3.05) is 0 Å². The number of esters is 1. The van der Waals surface area contributed by atoms with Crippen LogP contribution in [-0.4, -0.2) is 30.0 Å². The Morgan fingerprint density at radius 3 is 2.24 bits per heavy atom. The van der Waals surface area contributed by atoms with E-state index in [1.807, 2.05) is 13.8 Å². The van der Waals surface area contributed by atoms with Crippen molar-refractivity contribution in [3.63, 3.8) is 0 Å². The van der Waals surface area contributed by atoms with E-state index in [0.717, 1.165) is 17.7 Å². The Bertz CT molecular complexity index is 930. The monoisotopic (exact) mass is 364 g/mol. The minimum Gasteiger partial charge on any atom is -0.478 e. The topological polar surface area (TPSA) is 118 Å². The average Bonchev–Trinajstić information content (AvgIpc) is 2.53. The van der Waals surface area contributed by atoms with Gasteiger partial charge in [0.15, 0.2) is 0 Å². The molecule has 0 saturated carbocycles. The van der Waals surface area contributed by atoms with Gasteiger partial charge in [-0.3, -0.25) is 4.55 Å². The maximum absolute atomic E-state index is 12.4. The van der Waals surface area contributed by atoms with Crippen molar-refractivity contribution in [2.45, 2.75) is 24.7 Å². The molecule has 0 unspecified atom stereocenters. The zero-order chi connectivity index (χ0) is 18.8. The SMILES string of the molecule is CC(C)c1ccccc1OC(=O)c1ccc(S(=O)(=O)O)cc1C(=O)O. The first kappa shape index (κ1) is 18.6. The van der Waals surface area contributed by atoms with E-state index in [-0.39, 0.29) is 17.2 Å². The lowest BCUT2D eigenvalue weighted by molar-refractivity contribution is 0.0667. The predicted molar refractivity (Wildman–Crippen MR) is 88.7 cm³/mol. The first-order valence-corrected chi connectivity index (χ1v) is 8.71. The van der Waals surface area contributed by atoms with Crippen LogP contribution in [0.4, 0.5) is 0 Å². The zero-order valence-electron chi connectivity index (χ0n) is 13.5. The second-order valence-corrected chi connectivity index (χ2v) is 6.99. The van der Waals surface area contributed by atoms with Crippen molar-refractivity contribution in [1.82, 2.24) is 0 Å². The average molecular weight is 364 g/mol. The summed E-state index contributed by atoms with van der Waals surface area (Å²) in [6.45, 7) is 3.83. The number of hydrogen-bond acceptors (Lipinski definition) is 5. The molecule has 7 nitrogen and oxygen atoms in total. The van der Waals surface area contributed by atoms with E-state index >= 15 is 0 Å². The van der Waals surface area contributed by atoms with Crippen LogP contribution in [0.25, 0.3) is 0 Å². The van der Waals surface area contributed by atoms with Gasteiger partial charge in [-0.15, -0.1) is 0 Å². The number of carbonyl (C=O) groups is 2. The molecule has 0 radical (unpaired) electrons. The fraction of sp³-hybridized carbons (Fsp3) is 0.176. The van der Waals surface area contributed by atoms with Gasteiger partial charge in [0.25, 0.3) is 10.1 Å². The fourth-order valence-corrected chi connectivity index (χ4v) is 2.75. The number of carboxylic acid groups (broad SMARTS) is 1. The molecule has 8 heteroatoms. The van der Waals surface area contributed by atoms with Crippen LogP contribution in [-0.2, 0) is 10.1 Å². The van der Waals surface area contributed by atoms with Crippen LogP contribution in [0.3, 0.4) is 0 Å². The molecule has 2 N–H and O–H groups in total. The first-order chi connectivity index (χ1) is 11.6. The lowest BCUT2D eigenvalue weighted by atomic mass is 10.0. The summed E-state index contributed by atoms with van der Waals surface area (Å²) in [5.74, 6) is -2.09. The molecule has 0 aliphatic heterocycles. The lowest BCUT2D eigenvalue weighted by Crippen LogP contribution is -2.16. The summed E-state index contributed by atoms with van der Waals surface area (Å²) in [6.07, 6.45) is 0. The molecule has 2 aromatic rings. The fourth-order valence-electron chi connectivity index (χ4n) is 2.24. The molecule has 0 atom stereocenters. The molecule has 2 rings (SSSR count). The highest BCUT2D eigenvalue weighted by Gasteiger charge is 2.23. The zero-order valence-corrected chi connectivity index (χ0v) is 14.3. The van der Waals surface area contributed by atoms with E-state index in [2.05, 4.69) is 0 Å². The van der Waals surface area contributed by atoms with Crippen LogP contribution in [0.15, 0.2) is 47.4 Å². The van der Waals surface area contributed by atoms with Gasteiger partial charge in [-0.25, -0.2) is 9.59 Å². The van der Waals surface area contributed by atoms with Crippen molar-refractivity contribution >= 4 is 22.1 Å². The summed E-state index contributed by atoms with van der Waals surface area (Å²) < 4.78 is 36.6. The predicted octanol–water partition coefficient (Wildman–Crippen LogP) is 2.97. The van der Waals surface area contributed by atoms with Gasteiger partial charge in [0, 0.05) is 0 Å². The summed E-state index contributed by atoms with van der Waals surface area (Å²) in [7, 11) is -4.59. The molecule has 0 saturated heterocycles. The molecule has 25 heavy (non-hydrogen) atoms. The quantitative estimate of drug-likeness (QED) is 0.476. The molecule has 0 fully saturated rings. The third-order valence-electron chi connectivity index (χ3n) is 3.48. The Balaban J connectivity index is 2.45. The third-order valence-corrected chi connectivity index (χ3v) is 4.33. The molecular formula is C17H16O7S. The molecule has 0 aliphatic carbocycles. The van der Waals surface area contributed by atoms with Crippen molar-refractivity contribution in [3.05, 3.63) is 59.2 Å². The largest absolute Gasteiger partial charge is 0.478 e. The molecule has 132 valence electrons. The van der Waals surface area contributed by atoms with Crippen molar-refractivity contribution < 1.29 is 32.4 Å². The highest BCUT2D eigenvalue weighted by atomic mass is 32.2. The highest BCUT2D eigenvalue weighted by Crippen LogP contribution is 2.27. The number of carboxylic acids is 1. The van der Waals surface area contributed by atoms with Crippen LogP contribution < -0.4 is 4.74 Å². The molecule has 2 aromatic carbocycles. The minimum absolute atomic E-state index is 0.0739. The second-order valence-electron chi connectivity index (χ2n) is 5.57. The minimum atomic E-state index is -4.59. The van der Waals surface area contributed by atoms with Crippen LogP contribution in [0.1, 0.15) is 46.0 Å². The number of hydrogen-bond donors (Lipinski definition) is 2. The van der Waals surface area contributed by atoms with E-state index in [1.165, 1.54) is 0 Å². The molecule has 0 amide bonds. The maximum atomic E-state index is 12.4. The standard InChI is InChI=1S/C17H16O7S/c1-10(2)12-5-3-4-6-15(12)24-17(20)13-8-7-11(25(21,22)23)9-14(13)16(18)19/h3-10H,1-2H3,(H,18,19)(H,21,22,23). The summed E-state index contributed by atoms with van der Waals surface area (Å²) >= 11 is 0. The Morgan fingerprint density at radius 1 is 1.04 bits per heavy atom. The smallest absolute Gasteiger partial charge is 0.344 e. The van der Waals surface area contributed by atoms with Crippen LogP contribution in [0, 0.1) is 0 Å². The number of para-hydroxylation sites is 1. The number of ether oxygens (including phenoxy) is 1. The van der Waals surface area contributed by atoms with Crippen LogP contribution in [0.5, 0.6) is 5.75 Å². The first-order valence-electron chi connectivity index (χ1n) is 7.27. The van der Waals surface area contributed by atoms with Gasteiger partial charge in [-0.1, -0.05) is 32.0 Å². The van der Waals surface area contributed by atoms with Gasteiger partial charge in [0.2, 0.25) is 0 Å². The van der Waals surface area contributed by atoms with E-state index in [0.29, 0.717) is 6.07 Å². The van der Waals surface area contributed by atoms with Gasteiger partial charge < -0.3 is 9.84 Å². The van der Waals surface area contributed by atoms with E-state index < -0.39 is 32.5 Å².